The molecule has 29 heavy (non-hydrogen) atoms. The van der Waals surface area contributed by atoms with Gasteiger partial charge >= 0.3 is 0 Å². The van der Waals surface area contributed by atoms with Crippen molar-refractivity contribution >= 4 is 5.88 Å². The molecule has 2 unspecified atom stereocenters. The van der Waals surface area contributed by atoms with E-state index < -0.39 is 0 Å². The van der Waals surface area contributed by atoms with Crippen molar-refractivity contribution in [3.63, 3.8) is 0 Å². The van der Waals surface area contributed by atoms with E-state index in [1.54, 1.807) is 0 Å². The van der Waals surface area contributed by atoms with Crippen LogP contribution in [0.15, 0.2) is 59.0 Å². The number of nitriles is 1. The molecule has 1 saturated heterocycles. The lowest BCUT2D eigenvalue weighted by Crippen LogP contribution is -2.45. The highest BCUT2D eigenvalue weighted by Crippen LogP contribution is 2.27. The van der Waals surface area contributed by atoms with E-state index >= 15 is 0 Å². The van der Waals surface area contributed by atoms with Crippen molar-refractivity contribution in [2.45, 2.75) is 32.7 Å². The van der Waals surface area contributed by atoms with Crippen LogP contribution in [0.4, 0.5) is 5.88 Å². The fraction of sp³-hybridized carbons (Fsp3) is 0.304. The zero-order chi connectivity index (χ0) is 20.2. The Morgan fingerprint density at radius 2 is 1.69 bits per heavy atom. The molecule has 6 heteroatoms. The maximum Gasteiger partial charge on any atom is 0.236 e. The van der Waals surface area contributed by atoms with Crippen LogP contribution in [0.25, 0.3) is 11.1 Å². The Hall–Kier alpha value is -3.30. The molecule has 0 radical (unpaired) electrons. The first-order valence-corrected chi connectivity index (χ1v) is 9.71. The summed E-state index contributed by atoms with van der Waals surface area (Å²) in [5.74, 6) is 1.60. The zero-order valence-electron chi connectivity index (χ0n) is 16.5. The fourth-order valence-electron chi connectivity index (χ4n) is 3.57. The normalized spacial score (nSPS) is 19.0. The summed E-state index contributed by atoms with van der Waals surface area (Å²) in [7, 11) is 0. The molecule has 3 aromatic rings. The summed E-state index contributed by atoms with van der Waals surface area (Å²) in [4.78, 5) is 6.32. The standard InChI is InChI=1S/C23H23N3O3/c1-16-13-26(14-17(2)28-16)23-21(12-24)25-22(29-23)15-27-20-10-8-19(9-11-20)18-6-4-3-5-7-18/h3-11,16-17H,13-15H2,1-2H3. The Balaban J connectivity index is 1.44. The average Bonchev–Trinajstić information content (AvgIpc) is 3.16. The number of hydrogen-bond acceptors (Lipinski definition) is 6. The molecule has 148 valence electrons. The lowest BCUT2D eigenvalue weighted by molar-refractivity contribution is -0.00651. The van der Waals surface area contributed by atoms with E-state index in [4.69, 9.17) is 13.9 Å². The van der Waals surface area contributed by atoms with Crippen LogP contribution >= 0.6 is 0 Å². The third-order valence-electron chi connectivity index (χ3n) is 4.79. The van der Waals surface area contributed by atoms with Crippen molar-refractivity contribution < 1.29 is 13.9 Å². The summed E-state index contributed by atoms with van der Waals surface area (Å²) >= 11 is 0. The van der Waals surface area contributed by atoms with E-state index in [0.29, 0.717) is 24.9 Å². The van der Waals surface area contributed by atoms with Gasteiger partial charge in [-0.15, -0.1) is 0 Å². The smallest absolute Gasteiger partial charge is 0.236 e. The first-order valence-electron chi connectivity index (χ1n) is 9.71. The van der Waals surface area contributed by atoms with Crippen LogP contribution in [-0.4, -0.2) is 30.3 Å². The summed E-state index contributed by atoms with van der Waals surface area (Å²) in [5.41, 5.74) is 2.56. The van der Waals surface area contributed by atoms with Crippen molar-refractivity contribution in [1.29, 1.82) is 5.26 Å². The van der Waals surface area contributed by atoms with E-state index in [9.17, 15) is 5.26 Å². The molecule has 0 spiro atoms. The van der Waals surface area contributed by atoms with Crippen LogP contribution in [0.2, 0.25) is 0 Å². The molecule has 2 atom stereocenters. The fourth-order valence-corrected chi connectivity index (χ4v) is 3.57. The Labute approximate surface area is 170 Å². The minimum atomic E-state index is 0.0678. The van der Waals surface area contributed by atoms with E-state index in [1.165, 1.54) is 0 Å². The van der Waals surface area contributed by atoms with E-state index in [-0.39, 0.29) is 24.5 Å². The number of hydrogen-bond donors (Lipinski definition) is 0. The second-order valence-corrected chi connectivity index (χ2v) is 7.21. The van der Waals surface area contributed by atoms with Gasteiger partial charge in [0.05, 0.1) is 12.2 Å². The summed E-state index contributed by atoms with van der Waals surface area (Å²) in [6.45, 7) is 5.50. The number of ether oxygens (including phenoxy) is 2. The molecule has 0 amide bonds. The number of oxazole rings is 1. The highest BCUT2D eigenvalue weighted by atomic mass is 16.5. The minimum Gasteiger partial charge on any atom is -0.484 e. The van der Waals surface area contributed by atoms with Crippen LogP contribution < -0.4 is 9.64 Å². The number of morpholine rings is 1. The average molecular weight is 389 g/mol. The lowest BCUT2D eigenvalue weighted by atomic mass is 10.1. The highest BCUT2D eigenvalue weighted by molar-refractivity contribution is 5.63. The lowest BCUT2D eigenvalue weighted by Gasteiger charge is -2.34. The summed E-state index contributed by atoms with van der Waals surface area (Å²) in [5, 5.41) is 9.45. The third kappa shape index (κ3) is 4.41. The molecule has 0 bridgehead atoms. The SMILES string of the molecule is CC1CN(c2oc(COc3ccc(-c4ccccc4)cc3)nc2C#N)CC(C)O1. The molecule has 1 aliphatic rings. The second kappa shape index (κ2) is 8.38. The van der Waals surface area contributed by atoms with Gasteiger partial charge in [-0.3, -0.25) is 0 Å². The van der Waals surface area contributed by atoms with Gasteiger partial charge in [-0.1, -0.05) is 42.5 Å². The van der Waals surface area contributed by atoms with Crippen LogP contribution in [-0.2, 0) is 11.3 Å². The predicted molar refractivity (Wildman–Crippen MR) is 110 cm³/mol. The van der Waals surface area contributed by atoms with Gasteiger partial charge in [0.25, 0.3) is 0 Å². The monoisotopic (exact) mass is 389 g/mol. The summed E-state index contributed by atoms with van der Waals surface area (Å²) in [6, 6.07) is 20.2. The number of benzene rings is 2. The quantitative estimate of drug-likeness (QED) is 0.644. The van der Waals surface area contributed by atoms with Gasteiger partial charge in [0.2, 0.25) is 17.5 Å². The van der Waals surface area contributed by atoms with Gasteiger partial charge in [-0.2, -0.15) is 10.2 Å². The maximum absolute atomic E-state index is 9.45. The molecular formula is C23H23N3O3. The molecule has 0 aliphatic carbocycles. The Bertz CT molecular complexity index is 982. The summed E-state index contributed by atoms with van der Waals surface area (Å²) in [6.07, 6.45) is 0.136. The number of anilines is 1. The molecule has 4 rings (SSSR count). The van der Waals surface area contributed by atoms with Gasteiger partial charge < -0.3 is 18.8 Å². The largest absolute Gasteiger partial charge is 0.484 e. The van der Waals surface area contributed by atoms with E-state index in [0.717, 1.165) is 16.9 Å². The van der Waals surface area contributed by atoms with Gasteiger partial charge in [0.15, 0.2) is 6.61 Å². The number of nitrogens with zero attached hydrogens (tertiary/aromatic N) is 3. The van der Waals surface area contributed by atoms with Crippen molar-refractivity contribution in [1.82, 2.24) is 4.98 Å². The van der Waals surface area contributed by atoms with Crippen molar-refractivity contribution in [3.05, 3.63) is 66.2 Å². The molecule has 0 N–H and O–H groups in total. The van der Waals surface area contributed by atoms with Crippen LogP contribution in [0.3, 0.4) is 0 Å². The molecule has 0 saturated carbocycles. The van der Waals surface area contributed by atoms with Gasteiger partial charge in [-0.25, -0.2) is 0 Å². The van der Waals surface area contributed by atoms with E-state index in [2.05, 4.69) is 23.2 Å². The van der Waals surface area contributed by atoms with Crippen molar-refractivity contribution in [3.8, 4) is 22.9 Å². The molecule has 1 aliphatic heterocycles. The van der Waals surface area contributed by atoms with Crippen LogP contribution in [0.1, 0.15) is 25.4 Å². The van der Waals surface area contributed by atoms with Gasteiger partial charge in [0.1, 0.15) is 11.8 Å². The molecule has 1 fully saturated rings. The van der Waals surface area contributed by atoms with Gasteiger partial charge in [0, 0.05) is 13.1 Å². The van der Waals surface area contributed by atoms with Crippen LogP contribution in [0.5, 0.6) is 5.75 Å². The Morgan fingerprint density at radius 3 is 2.34 bits per heavy atom. The molecule has 2 heterocycles. The predicted octanol–water partition coefficient (Wildman–Crippen LogP) is 4.41. The number of rotatable bonds is 5. The summed E-state index contributed by atoms with van der Waals surface area (Å²) < 4.78 is 17.4. The Kier molecular flexibility index (Phi) is 5.50. The third-order valence-corrected chi connectivity index (χ3v) is 4.79. The van der Waals surface area contributed by atoms with Crippen molar-refractivity contribution in [2.24, 2.45) is 0 Å². The van der Waals surface area contributed by atoms with E-state index in [1.807, 2.05) is 61.2 Å². The van der Waals surface area contributed by atoms with Gasteiger partial charge in [-0.05, 0) is 37.1 Å². The highest BCUT2D eigenvalue weighted by Gasteiger charge is 2.28. The van der Waals surface area contributed by atoms with Crippen LogP contribution in [0, 0.1) is 11.3 Å². The molecule has 2 aromatic carbocycles. The molecule has 6 nitrogen and oxygen atoms in total. The van der Waals surface area contributed by atoms with Crippen molar-refractivity contribution in [2.75, 3.05) is 18.0 Å². The topological polar surface area (TPSA) is 71.5 Å². The maximum atomic E-state index is 9.45. The Morgan fingerprint density at radius 1 is 1.03 bits per heavy atom. The first kappa shape index (κ1) is 19.0. The minimum absolute atomic E-state index is 0.0678. The molecular weight excluding hydrogens is 366 g/mol. The second-order valence-electron chi connectivity index (χ2n) is 7.21. The zero-order valence-corrected chi connectivity index (χ0v) is 16.5. The number of aromatic nitrogens is 1. The molecule has 1 aromatic heterocycles. The first-order chi connectivity index (χ1) is 14.1.